The molecule has 0 aliphatic carbocycles. The Morgan fingerprint density at radius 1 is 1.50 bits per heavy atom. The molecule has 0 aromatic carbocycles. The third-order valence-corrected chi connectivity index (χ3v) is 0.287. The van der Waals surface area contributed by atoms with E-state index in [1.54, 1.807) is 0 Å². The fourth-order valence-electron chi connectivity index (χ4n) is 0. The van der Waals surface area contributed by atoms with Gasteiger partial charge in [-0.3, -0.25) is 4.79 Å². The normalized spacial score (nSPS) is 5.00. The van der Waals surface area contributed by atoms with E-state index in [0.717, 1.165) is 0 Å². The quantitative estimate of drug-likeness (QED) is 0.541. The summed E-state index contributed by atoms with van der Waals surface area (Å²) in [5, 5.41) is 0. The maximum Gasteiger partial charge on any atom is 0.302 e. The van der Waals surface area contributed by atoms with Crippen LogP contribution in [0.25, 0.3) is 0 Å². The summed E-state index contributed by atoms with van der Waals surface area (Å²) in [5.74, 6) is -0.245. The van der Waals surface area contributed by atoms with Crippen LogP contribution in [0.3, 0.4) is 0 Å². The second-order valence-corrected chi connectivity index (χ2v) is 0.696. The van der Waals surface area contributed by atoms with Gasteiger partial charge >= 0.3 is 5.97 Å². The maximum atomic E-state index is 9.59. The number of hydrogen-bond donors (Lipinski definition) is 1. The van der Waals surface area contributed by atoms with E-state index >= 15 is 0 Å². The molecule has 0 saturated carbocycles. The molecule has 0 rings (SSSR count). The van der Waals surface area contributed by atoms with E-state index in [1.165, 1.54) is 21.1 Å². The van der Waals surface area contributed by atoms with Gasteiger partial charge in [-0.1, -0.05) is 0 Å². The SMILES string of the molecule is CN.COC(C)=O.[Y]. The zero-order valence-electron chi connectivity index (χ0n) is 5.47. The van der Waals surface area contributed by atoms with Crippen LogP contribution in [0.1, 0.15) is 6.92 Å². The molecular formula is C4H11NO2Y. The molecule has 0 bridgehead atoms. The fraction of sp³-hybridized carbons (Fsp3) is 0.750. The molecule has 0 unspecified atom stereocenters. The second-order valence-electron chi connectivity index (χ2n) is 0.696. The van der Waals surface area contributed by atoms with Crippen LogP contribution >= 0.6 is 0 Å². The van der Waals surface area contributed by atoms with Crippen molar-refractivity contribution in [1.29, 1.82) is 0 Å². The Labute approximate surface area is 74.8 Å². The largest absolute Gasteiger partial charge is 0.469 e. The Kier molecular flexibility index (Phi) is 30.9. The van der Waals surface area contributed by atoms with Crippen LogP contribution < -0.4 is 5.73 Å². The summed E-state index contributed by atoms with van der Waals surface area (Å²) in [6.07, 6.45) is 0. The van der Waals surface area contributed by atoms with Crippen LogP contribution in [0.2, 0.25) is 0 Å². The number of methoxy groups -OCH3 is 1. The van der Waals surface area contributed by atoms with Gasteiger partial charge < -0.3 is 10.5 Å². The molecule has 3 nitrogen and oxygen atoms in total. The Bertz CT molecular complexity index is 49.3. The molecule has 0 aliphatic rings. The van der Waals surface area contributed by atoms with E-state index in [2.05, 4.69) is 10.5 Å². The first-order valence-electron chi connectivity index (χ1n) is 1.89. The van der Waals surface area contributed by atoms with Gasteiger partial charge in [-0.15, -0.1) is 0 Å². The van der Waals surface area contributed by atoms with Crippen molar-refractivity contribution >= 4 is 5.97 Å². The van der Waals surface area contributed by atoms with Crippen molar-refractivity contribution in [3.05, 3.63) is 0 Å². The predicted molar refractivity (Wildman–Crippen MR) is 27.8 cm³/mol. The van der Waals surface area contributed by atoms with Gasteiger partial charge in [0.05, 0.1) is 7.11 Å². The third-order valence-electron chi connectivity index (χ3n) is 0.287. The Morgan fingerprint density at radius 2 is 1.62 bits per heavy atom. The maximum absolute atomic E-state index is 9.59. The molecule has 4 heteroatoms. The van der Waals surface area contributed by atoms with Crippen LogP contribution in [0.5, 0.6) is 0 Å². The van der Waals surface area contributed by atoms with Gasteiger partial charge in [0.2, 0.25) is 0 Å². The number of hydrogen-bond acceptors (Lipinski definition) is 3. The van der Waals surface area contributed by atoms with Gasteiger partial charge in [-0.25, -0.2) is 0 Å². The van der Waals surface area contributed by atoms with Crippen LogP contribution in [-0.4, -0.2) is 20.1 Å². The predicted octanol–water partition coefficient (Wildman–Crippen LogP) is -0.248. The van der Waals surface area contributed by atoms with Gasteiger partial charge in [0.25, 0.3) is 0 Å². The summed E-state index contributed by atoms with van der Waals surface area (Å²) in [6.45, 7) is 1.36. The first-order chi connectivity index (χ1) is 3.27. The van der Waals surface area contributed by atoms with E-state index in [1.807, 2.05) is 0 Å². The van der Waals surface area contributed by atoms with E-state index < -0.39 is 0 Å². The molecular weight excluding hydrogens is 183 g/mol. The summed E-state index contributed by atoms with van der Waals surface area (Å²) in [5.41, 5.74) is 4.50. The molecule has 0 atom stereocenters. The van der Waals surface area contributed by atoms with Crippen molar-refractivity contribution in [2.45, 2.75) is 6.92 Å². The minimum Gasteiger partial charge on any atom is -0.469 e. The molecule has 0 amide bonds. The van der Waals surface area contributed by atoms with Crippen LogP contribution in [0.15, 0.2) is 0 Å². The van der Waals surface area contributed by atoms with E-state index in [0.29, 0.717) is 0 Å². The number of carbonyl (C=O) groups is 1. The molecule has 1 radical (unpaired) electrons. The minimum absolute atomic E-state index is 0. The zero-order chi connectivity index (χ0) is 6.28. The van der Waals surface area contributed by atoms with Crippen molar-refractivity contribution in [1.82, 2.24) is 0 Å². The van der Waals surface area contributed by atoms with Gasteiger partial charge in [-0.2, -0.15) is 0 Å². The molecule has 0 aromatic heterocycles. The van der Waals surface area contributed by atoms with Crippen molar-refractivity contribution in [3.8, 4) is 0 Å². The van der Waals surface area contributed by atoms with Crippen LogP contribution in [-0.2, 0) is 42.2 Å². The van der Waals surface area contributed by atoms with Gasteiger partial charge in [0.15, 0.2) is 0 Å². The number of carbonyl (C=O) groups excluding carboxylic acids is 1. The third kappa shape index (κ3) is 31.2. The zero-order valence-corrected chi connectivity index (χ0v) is 8.31. The topological polar surface area (TPSA) is 52.3 Å². The summed E-state index contributed by atoms with van der Waals surface area (Å²) >= 11 is 0. The first kappa shape index (κ1) is 15.8. The number of ether oxygens (including phenoxy) is 1. The molecule has 0 saturated heterocycles. The average molecular weight is 194 g/mol. The summed E-state index contributed by atoms with van der Waals surface area (Å²) in [4.78, 5) is 9.59. The summed E-state index contributed by atoms with van der Waals surface area (Å²) in [7, 11) is 2.85. The van der Waals surface area contributed by atoms with Crippen molar-refractivity contribution in [3.63, 3.8) is 0 Å². The fourth-order valence-corrected chi connectivity index (χ4v) is 0. The Hall–Kier alpha value is 0.534. The number of nitrogens with two attached hydrogens (primary N) is 1. The second kappa shape index (κ2) is 15.6. The van der Waals surface area contributed by atoms with E-state index in [4.69, 9.17) is 0 Å². The van der Waals surface area contributed by atoms with Crippen molar-refractivity contribution in [2.24, 2.45) is 5.73 Å². The monoisotopic (exact) mass is 194 g/mol. The van der Waals surface area contributed by atoms with Crippen LogP contribution in [0.4, 0.5) is 0 Å². The standard InChI is InChI=1S/C3H6O2.CH5N.Y/c1-3(4)5-2;1-2;/h1-2H3;2H2,1H3;. The van der Waals surface area contributed by atoms with E-state index in [-0.39, 0.29) is 38.7 Å². The van der Waals surface area contributed by atoms with Gasteiger partial charge in [0, 0.05) is 39.6 Å². The minimum atomic E-state index is -0.245. The number of esters is 1. The van der Waals surface area contributed by atoms with Gasteiger partial charge in [0.1, 0.15) is 0 Å². The van der Waals surface area contributed by atoms with E-state index in [9.17, 15) is 4.79 Å². The number of rotatable bonds is 0. The molecule has 2 N–H and O–H groups in total. The average Bonchev–Trinajstić information content (AvgIpc) is 1.73. The Balaban J connectivity index is -0.0000000750. The molecule has 8 heavy (non-hydrogen) atoms. The molecule has 0 spiro atoms. The van der Waals surface area contributed by atoms with Gasteiger partial charge in [-0.05, 0) is 7.05 Å². The van der Waals surface area contributed by atoms with Crippen molar-refractivity contribution < 1.29 is 42.2 Å². The molecule has 0 aliphatic heterocycles. The molecule has 0 aromatic rings. The van der Waals surface area contributed by atoms with Crippen molar-refractivity contribution in [2.75, 3.05) is 14.2 Å². The summed E-state index contributed by atoms with van der Waals surface area (Å²) in [6, 6.07) is 0. The smallest absolute Gasteiger partial charge is 0.302 e. The molecule has 47 valence electrons. The molecule has 0 heterocycles. The Morgan fingerprint density at radius 3 is 1.62 bits per heavy atom. The first-order valence-corrected chi connectivity index (χ1v) is 1.89. The molecule has 0 fully saturated rings. The van der Waals surface area contributed by atoms with Crippen LogP contribution in [0, 0.1) is 0 Å². The summed E-state index contributed by atoms with van der Waals surface area (Å²) < 4.78 is 4.11.